The summed E-state index contributed by atoms with van der Waals surface area (Å²) < 4.78 is 0. The Bertz CT molecular complexity index is 625. The van der Waals surface area contributed by atoms with Crippen molar-refractivity contribution in [3.8, 4) is 0 Å². The molecule has 0 aliphatic carbocycles. The average molecular weight is 312 g/mol. The Kier molecular flexibility index (Phi) is 4.71. The summed E-state index contributed by atoms with van der Waals surface area (Å²) in [6.07, 6.45) is 1.06. The van der Waals surface area contributed by atoms with E-state index in [0.29, 0.717) is 0 Å². The van der Waals surface area contributed by atoms with Crippen molar-refractivity contribution in [2.75, 3.05) is 18.2 Å². The van der Waals surface area contributed by atoms with Gasteiger partial charge in [-0.05, 0) is 36.3 Å². The van der Waals surface area contributed by atoms with Crippen LogP contribution in [0.5, 0.6) is 0 Å². The van der Waals surface area contributed by atoms with E-state index in [0.717, 1.165) is 31.4 Å². The van der Waals surface area contributed by atoms with Crippen molar-refractivity contribution >= 4 is 23.0 Å². The lowest BCUT2D eigenvalue weighted by Crippen LogP contribution is -3.16. The van der Waals surface area contributed by atoms with E-state index < -0.39 is 0 Å². The van der Waals surface area contributed by atoms with Crippen LogP contribution in [0.3, 0.4) is 0 Å². The highest BCUT2D eigenvalue weighted by molar-refractivity contribution is 7.80. The van der Waals surface area contributed by atoms with Crippen LogP contribution >= 0.6 is 12.2 Å². The summed E-state index contributed by atoms with van der Waals surface area (Å²) in [6, 6.07) is 19.3. The summed E-state index contributed by atoms with van der Waals surface area (Å²) >= 11 is 5.49. The van der Waals surface area contributed by atoms with E-state index >= 15 is 0 Å². The van der Waals surface area contributed by atoms with Crippen molar-refractivity contribution in [3.63, 3.8) is 0 Å². The number of hydrogen-bond donors (Lipinski definition) is 2. The van der Waals surface area contributed by atoms with E-state index in [1.807, 2.05) is 0 Å². The summed E-state index contributed by atoms with van der Waals surface area (Å²) in [4.78, 5) is 3.65. The Balaban J connectivity index is 1.71. The third-order valence-electron chi connectivity index (χ3n) is 4.07. The SMILES string of the molecule is CCc1ccc(N2C[NH+](Cc3ccccc3)CNC2=S)cc1. The molecule has 0 aromatic heterocycles. The zero-order valence-electron chi connectivity index (χ0n) is 12.9. The van der Waals surface area contributed by atoms with Gasteiger partial charge >= 0.3 is 0 Å². The molecule has 0 spiro atoms. The molecule has 22 heavy (non-hydrogen) atoms. The summed E-state index contributed by atoms with van der Waals surface area (Å²) in [6.45, 7) is 4.94. The number of nitrogens with zero attached hydrogens (tertiary/aromatic N) is 1. The van der Waals surface area contributed by atoms with Crippen molar-refractivity contribution in [3.05, 3.63) is 65.7 Å². The quantitative estimate of drug-likeness (QED) is 0.842. The third-order valence-corrected chi connectivity index (χ3v) is 4.43. The maximum Gasteiger partial charge on any atom is 0.182 e. The number of nitrogens with one attached hydrogen (secondary N) is 2. The Morgan fingerprint density at radius 3 is 2.45 bits per heavy atom. The average Bonchev–Trinajstić information content (AvgIpc) is 2.58. The van der Waals surface area contributed by atoms with Gasteiger partial charge in [-0.1, -0.05) is 49.4 Å². The van der Waals surface area contributed by atoms with Gasteiger partial charge in [-0.2, -0.15) is 0 Å². The molecule has 1 heterocycles. The fraction of sp³-hybridized carbons (Fsp3) is 0.278. The van der Waals surface area contributed by atoms with Crippen LogP contribution < -0.4 is 15.1 Å². The Labute approximate surface area is 137 Å². The minimum absolute atomic E-state index is 0.820. The van der Waals surface area contributed by atoms with E-state index in [-0.39, 0.29) is 0 Å². The molecular formula is C18H22N3S+. The predicted octanol–water partition coefficient (Wildman–Crippen LogP) is 1.94. The van der Waals surface area contributed by atoms with Crippen LogP contribution in [0.25, 0.3) is 0 Å². The second-order valence-electron chi connectivity index (χ2n) is 5.68. The molecule has 1 aliphatic rings. The van der Waals surface area contributed by atoms with Crippen molar-refractivity contribution in [2.45, 2.75) is 19.9 Å². The minimum Gasteiger partial charge on any atom is -0.315 e. The number of anilines is 1. The highest BCUT2D eigenvalue weighted by Crippen LogP contribution is 2.15. The summed E-state index contributed by atoms with van der Waals surface area (Å²) in [5, 5.41) is 4.17. The number of quaternary nitrogens is 1. The molecule has 1 fully saturated rings. The van der Waals surface area contributed by atoms with Crippen molar-refractivity contribution in [1.82, 2.24) is 5.32 Å². The van der Waals surface area contributed by atoms with Gasteiger partial charge in [0.25, 0.3) is 0 Å². The second-order valence-corrected chi connectivity index (χ2v) is 6.06. The molecule has 0 bridgehead atoms. The molecule has 0 amide bonds. The van der Waals surface area contributed by atoms with Gasteiger partial charge < -0.3 is 5.32 Å². The van der Waals surface area contributed by atoms with Gasteiger partial charge in [0.2, 0.25) is 0 Å². The molecule has 1 aliphatic heterocycles. The Morgan fingerprint density at radius 2 is 1.77 bits per heavy atom. The molecule has 0 saturated carbocycles. The fourth-order valence-electron chi connectivity index (χ4n) is 2.77. The summed E-state index contributed by atoms with van der Waals surface area (Å²) in [7, 11) is 0. The maximum absolute atomic E-state index is 5.49. The van der Waals surface area contributed by atoms with E-state index in [9.17, 15) is 0 Å². The van der Waals surface area contributed by atoms with Gasteiger partial charge in [0.15, 0.2) is 18.4 Å². The van der Waals surface area contributed by atoms with Gasteiger partial charge in [0.05, 0.1) is 0 Å². The second kappa shape index (κ2) is 6.90. The first kappa shape index (κ1) is 15.0. The van der Waals surface area contributed by atoms with Gasteiger partial charge in [0.1, 0.15) is 6.54 Å². The monoisotopic (exact) mass is 312 g/mol. The molecule has 3 nitrogen and oxygen atoms in total. The molecule has 1 atom stereocenters. The zero-order chi connectivity index (χ0) is 15.4. The summed E-state index contributed by atoms with van der Waals surface area (Å²) in [5.74, 6) is 0. The van der Waals surface area contributed by atoms with Gasteiger partial charge in [-0.3, -0.25) is 9.80 Å². The highest BCUT2D eigenvalue weighted by atomic mass is 32.1. The lowest BCUT2D eigenvalue weighted by Gasteiger charge is -2.35. The fourth-order valence-corrected chi connectivity index (χ4v) is 3.01. The lowest BCUT2D eigenvalue weighted by atomic mass is 10.1. The number of rotatable bonds is 4. The molecule has 2 aromatic rings. The molecule has 2 N–H and O–H groups in total. The van der Waals surface area contributed by atoms with E-state index in [1.165, 1.54) is 21.7 Å². The van der Waals surface area contributed by atoms with Crippen LogP contribution in [0.1, 0.15) is 18.1 Å². The largest absolute Gasteiger partial charge is 0.315 e. The standard InChI is InChI=1S/C18H21N3S/c1-2-15-8-10-17(11-9-15)21-14-20(13-19-18(21)22)12-16-6-4-3-5-7-16/h3-11H,2,12-14H2,1H3,(H,19,22)/p+1. The topological polar surface area (TPSA) is 19.7 Å². The molecule has 1 unspecified atom stereocenters. The first-order chi connectivity index (χ1) is 10.8. The smallest absolute Gasteiger partial charge is 0.182 e. The van der Waals surface area contributed by atoms with Crippen LogP contribution in [0.15, 0.2) is 54.6 Å². The van der Waals surface area contributed by atoms with Gasteiger partial charge in [-0.25, -0.2) is 0 Å². The number of benzene rings is 2. The van der Waals surface area contributed by atoms with E-state index in [4.69, 9.17) is 12.2 Å². The number of aryl methyl sites for hydroxylation is 1. The maximum atomic E-state index is 5.49. The van der Waals surface area contributed by atoms with Crippen LogP contribution in [0.4, 0.5) is 5.69 Å². The predicted molar refractivity (Wildman–Crippen MR) is 94.9 cm³/mol. The van der Waals surface area contributed by atoms with Crippen LogP contribution in [-0.4, -0.2) is 18.4 Å². The third kappa shape index (κ3) is 3.46. The molecule has 2 aromatic carbocycles. The molecule has 4 heteroatoms. The molecular weight excluding hydrogens is 290 g/mol. The summed E-state index contributed by atoms with van der Waals surface area (Å²) in [5.41, 5.74) is 3.88. The first-order valence-corrected chi connectivity index (χ1v) is 8.19. The van der Waals surface area contributed by atoms with Crippen molar-refractivity contribution < 1.29 is 4.90 Å². The van der Waals surface area contributed by atoms with Gasteiger partial charge in [-0.15, -0.1) is 0 Å². The number of hydrogen-bond acceptors (Lipinski definition) is 1. The lowest BCUT2D eigenvalue weighted by molar-refractivity contribution is -0.916. The zero-order valence-corrected chi connectivity index (χ0v) is 13.7. The van der Waals surface area contributed by atoms with Crippen LogP contribution in [-0.2, 0) is 13.0 Å². The number of thiocarbonyl (C=S) groups is 1. The highest BCUT2D eigenvalue weighted by Gasteiger charge is 2.24. The van der Waals surface area contributed by atoms with E-state index in [1.54, 1.807) is 0 Å². The normalized spacial score (nSPS) is 18.1. The Hall–Kier alpha value is -1.91. The van der Waals surface area contributed by atoms with Crippen LogP contribution in [0.2, 0.25) is 0 Å². The first-order valence-electron chi connectivity index (χ1n) is 7.78. The van der Waals surface area contributed by atoms with Gasteiger partial charge in [0, 0.05) is 11.3 Å². The van der Waals surface area contributed by atoms with Crippen molar-refractivity contribution in [1.29, 1.82) is 0 Å². The molecule has 1 saturated heterocycles. The molecule has 114 valence electrons. The van der Waals surface area contributed by atoms with Crippen LogP contribution in [0, 0.1) is 0 Å². The molecule has 3 rings (SSSR count). The minimum atomic E-state index is 0.820. The molecule has 0 radical (unpaired) electrons. The van der Waals surface area contributed by atoms with E-state index in [2.05, 4.69) is 71.7 Å². The Morgan fingerprint density at radius 1 is 1.05 bits per heavy atom. The van der Waals surface area contributed by atoms with Crippen molar-refractivity contribution in [2.24, 2.45) is 0 Å².